The van der Waals surface area contributed by atoms with E-state index in [4.69, 9.17) is 26.2 Å². The Kier molecular flexibility index (Phi) is 7.57. The van der Waals surface area contributed by atoms with Crippen LogP contribution in [0.4, 0.5) is 0 Å². The summed E-state index contributed by atoms with van der Waals surface area (Å²) >= 11 is 6.10. The molecule has 0 radical (unpaired) electrons. The van der Waals surface area contributed by atoms with E-state index in [0.717, 1.165) is 35.4 Å². The Morgan fingerprint density at radius 2 is 1.93 bits per heavy atom. The zero-order valence-corrected chi connectivity index (χ0v) is 18.3. The van der Waals surface area contributed by atoms with E-state index in [-0.39, 0.29) is 30.7 Å². The topological polar surface area (TPSA) is 55.8 Å². The Bertz CT molecular complexity index is 877. The predicted octanol–water partition coefficient (Wildman–Crippen LogP) is 6.41. The van der Waals surface area contributed by atoms with Crippen LogP contribution in [0.5, 0.6) is 5.75 Å². The van der Waals surface area contributed by atoms with Gasteiger partial charge in [-0.3, -0.25) is 0 Å². The minimum atomic E-state index is -1.00. The second-order valence-corrected chi connectivity index (χ2v) is 8.39. The van der Waals surface area contributed by atoms with Gasteiger partial charge in [-0.25, -0.2) is 4.79 Å². The molecular weight excluding hydrogens is 400 g/mol. The van der Waals surface area contributed by atoms with Crippen LogP contribution in [0.3, 0.4) is 0 Å². The van der Waals surface area contributed by atoms with E-state index in [9.17, 15) is 4.79 Å². The first-order valence-electron chi connectivity index (χ1n) is 10.4. The molecule has 30 heavy (non-hydrogen) atoms. The summed E-state index contributed by atoms with van der Waals surface area (Å²) in [6.45, 7) is 8.04. The number of hydrogen-bond acceptors (Lipinski definition) is 3. The molecule has 0 aromatic heterocycles. The number of carbonyl (C=O) groups is 1. The van der Waals surface area contributed by atoms with Crippen LogP contribution in [-0.4, -0.2) is 23.8 Å². The van der Waals surface area contributed by atoms with Crippen LogP contribution in [-0.2, 0) is 9.53 Å². The van der Waals surface area contributed by atoms with Gasteiger partial charge < -0.3 is 14.6 Å². The molecule has 5 heteroatoms. The average molecular weight is 429 g/mol. The monoisotopic (exact) mass is 428 g/mol. The molecule has 3 rings (SSSR count). The third kappa shape index (κ3) is 5.24. The van der Waals surface area contributed by atoms with Crippen LogP contribution in [0, 0.1) is 5.92 Å². The van der Waals surface area contributed by atoms with Crippen molar-refractivity contribution in [2.45, 2.75) is 51.2 Å². The average Bonchev–Trinajstić information content (AvgIpc) is 2.73. The van der Waals surface area contributed by atoms with Crippen LogP contribution in [0.15, 0.2) is 60.7 Å². The predicted molar refractivity (Wildman–Crippen MR) is 119 cm³/mol. The van der Waals surface area contributed by atoms with E-state index in [1.165, 1.54) is 5.56 Å². The fourth-order valence-corrected chi connectivity index (χ4v) is 4.40. The van der Waals surface area contributed by atoms with Crippen molar-refractivity contribution in [2.24, 2.45) is 5.92 Å². The number of aliphatic carboxylic acids is 1. The third-order valence-electron chi connectivity index (χ3n) is 5.72. The minimum absolute atomic E-state index is 0.0457. The highest BCUT2D eigenvalue weighted by Gasteiger charge is 2.40. The summed E-state index contributed by atoms with van der Waals surface area (Å²) in [5, 5.41) is 9.75. The van der Waals surface area contributed by atoms with Crippen molar-refractivity contribution in [3.8, 4) is 5.75 Å². The van der Waals surface area contributed by atoms with E-state index < -0.39 is 5.97 Å². The van der Waals surface area contributed by atoms with E-state index in [2.05, 4.69) is 25.6 Å². The maximum Gasteiger partial charge on any atom is 0.341 e. The molecule has 0 saturated carbocycles. The highest BCUT2D eigenvalue weighted by molar-refractivity contribution is 6.30. The summed E-state index contributed by atoms with van der Waals surface area (Å²) in [6, 6.07) is 15.6. The molecule has 160 valence electrons. The van der Waals surface area contributed by atoms with Gasteiger partial charge in [0.25, 0.3) is 0 Å². The number of benzene rings is 2. The van der Waals surface area contributed by atoms with Gasteiger partial charge in [-0.15, -0.1) is 0 Å². The number of ether oxygens (including phenoxy) is 2. The summed E-state index contributed by atoms with van der Waals surface area (Å²) in [5.41, 5.74) is 3.14. The smallest absolute Gasteiger partial charge is 0.341 e. The number of para-hydroxylation sites is 1. The Morgan fingerprint density at radius 3 is 2.57 bits per heavy atom. The molecule has 1 aliphatic heterocycles. The lowest BCUT2D eigenvalue weighted by atomic mass is 9.74. The highest BCUT2D eigenvalue weighted by Crippen LogP contribution is 2.49. The van der Waals surface area contributed by atoms with Gasteiger partial charge in [0.05, 0.1) is 12.2 Å². The van der Waals surface area contributed by atoms with E-state index in [0.29, 0.717) is 5.75 Å². The first kappa shape index (κ1) is 22.4. The number of rotatable bonds is 8. The standard InChI is InChI=1S/C25H29ClO4/c1-4-7-23-21(17-10-12-18(26)13-11-17)14-20(16(2)3)25(30-23)19-8-5-6-9-22(19)29-15-24(27)28/h5-6,8-13,20-21,23,25H,2,4,7,14-15H2,1,3H3,(H,27,28)/t20-,21-,23+,25-/m1/s1. The number of carboxylic acids is 1. The molecule has 0 unspecified atom stereocenters. The van der Waals surface area contributed by atoms with Crippen LogP contribution in [0.1, 0.15) is 56.3 Å². The van der Waals surface area contributed by atoms with Gasteiger partial charge in [0.15, 0.2) is 6.61 Å². The molecule has 0 bridgehead atoms. The van der Waals surface area contributed by atoms with Crippen LogP contribution < -0.4 is 4.74 Å². The van der Waals surface area contributed by atoms with Crippen molar-refractivity contribution in [1.82, 2.24) is 0 Å². The second-order valence-electron chi connectivity index (χ2n) is 7.95. The van der Waals surface area contributed by atoms with Gasteiger partial charge in [0.2, 0.25) is 0 Å². The van der Waals surface area contributed by atoms with Gasteiger partial charge in [-0.05, 0) is 43.5 Å². The Hall–Kier alpha value is -2.30. The molecule has 4 nitrogen and oxygen atoms in total. The number of halogens is 1. The lowest BCUT2D eigenvalue weighted by Crippen LogP contribution is -2.36. The number of hydrogen-bond donors (Lipinski definition) is 1. The molecule has 4 atom stereocenters. The fraction of sp³-hybridized carbons (Fsp3) is 0.400. The molecule has 2 aromatic carbocycles. The van der Waals surface area contributed by atoms with Gasteiger partial charge in [-0.1, -0.05) is 67.4 Å². The summed E-state index contributed by atoms with van der Waals surface area (Å²) in [6.07, 6.45) is 2.66. The van der Waals surface area contributed by atoms with Crippen molar-refractivity contribution in [3.63, 3.8) is 0 Å². The van der Waals surface area contributed by atoms with Crippen molar-refractivity contribution < 1.29 is 19.4 Å². The Morgan fingerprint density at radius 1 is 1.23 bits per heavy atom. The van der Waals surface area contributed by atoms with E-state index >= 15 is 0 Å². The van der Waals surface area contributed by atoms with Gasteiger partial charge in [0.1, 0.15) is 5.75 Å². The van der Waals surface area contributed by atoms with Crippen LogP contribution in [0.25, 0.3) is 0 Å². The third-order valence-corrected chi connectivity index (χ3v) is 5.98. The van der Waals surface area contributed by atoms with Crippen molar-refractivity contribution in [2.75, 3.05) is 6.61 Å². The fourth-order valence-electron chi connectivity index (χ4n) is 4.28. The SMILES string of the molecule is C=C(C)[C@H]1C[C@H](c2ccc(Cl)cc2)[C@H](CCC)O[C@@H]1c1ccccc1OCC(=O)O. The maximum absolute atomic E-state index is 11.0. The van der Waals surface area contributed by atoms with Crippen molar-refractivity contribution >= 4 is 17.6 Å². The molecule has 1 saturated heterocycles. The van der Waals surface area contributed by atoms with Crippen LogP contribution >= 0.6 is 11.6 Å². The molecule has 1 aliphatic rings. The van der Waals surface area contributed by atoms with Crippen molar-refractivity contribution in [3.05, 3.63) is 76.8 Å². The summed E-state index contributed by atoms with van der Waals surface area (Å²) in [5.74, 6) is -0.116. The molecule has 1 fully saturated rings. The zero-order valence-electron chi connectivity index (χ0n) is 17.5. The largest absolute Gasteiger partial charge is 0.482 e. The molecule has 2 aromatic rings. The molecule has 1 heterocycles. The maximum atomic E-state index is 11.0. The summed E-state index contributed by atoms with van der Waals surface area (Å²) < 4.78 is 12.3. The van der Waals surface area contributed by atoms with E-state index in [1.807, 2.05) is 37.3 Å². The second kappa shape index (κ2) is 10.1. The lowest BCUT2D eigenvalue weighted by Gasteiger charge is -2.43. The zero-order chi connectivity index (χ0) is 21.7. The van der Waals surface area contributed by atoms with E-state index in [1.54, 1.807) is 6.07 Å². The number of carboxylic acid groups (broad SMARTS) is 1. The van der Waals surface area contributed by atoms with Crippen LogP contribution in [0.2, 0.25) is 5.02 Å². The quantitative estimate of drug-likeness (QED) is 0.493. The highest BCUT2D eigenvalue weighted by atomic mass is 35.5. The summed E-state index contributed by atoms with van der Waals surface area (Å²) in [4.78, 5) is 11.0. The molecule has 0 amide bonds. The first-order valence-corrected chi connectivity index (χ1v) is 10.8. The normalized spacial score (nSPS) is 23.7. The summed E-state index contributed by atoms with van der Waals surface area (Å²) in [7, 11) is 0. The first-order chi connectivity index (χ1) is 14.4. The Balaban J connectivity index is 1.95. The van der Waals surface area contributed by atoms with Gasteiger partial charge >= 0.3 is 5.97 Å². The molecule has 0 spiro atoms. The lowest BCUT2D eigenvalue weighted by molar-refractivity contribution is -0.139. The van der Waals surface area contributed by atoms with Crippen molar-refractivity contribution in [1.29, 1.82) is 0 Å². The van der Waals surface area contributed by atoms with Gasteiger partial charge in [0, 0.05) is 22.4 Å². The molecule has 0 aliphatic carbocycles. The Labute approximate surface area is 183 Å². The molecular formula is C25H29ClO4. The van der Waals surface area contributed by atoms with Gasteiger partial charge in [-0.2, -0.15) is 0 Å². The minimum Gasteiger partial charge on any atom is -0.482 e. The molecule has 1 N–H and O–H groups in total.